The lowest BCUT2D eigenvalue weighted by Gasteiger charge is -2.16. The molecule has 2 aromatic heterocycles. The van der Waals surface area contributed by atoms with Gasteiger partial charge in [0.25, 0.3) is 0 Å². The highest BCUT2D eigenvalue weighted by molar-refractivity contribution is 7.92. The average Bonchev–Trinajstić information content (AvgIpc) is 3.07. The van der Waals surface area contributed by atoms with Gasteiger partial charge >= 0.3 is 6.09 Å². The van der Waals surface area contributed by atoms with Crippen molar-refractivity contribution in [1.82, 2.24) is 20.0 Å². The second-order valence-electron chi connectivity index (χ2n) is 6.70. The van der Waals surface area contributed by atoms with Gasteiger partial charge in [-0.25, -0.2) is 27.3 Å². The summed E-state index contributed by atoms with van der Waals surface area (Å²) in [6.07, 6.45) is -0.908. The molecule has 0 unspecified atom stereocenters. The van der Waals surface area contributed by atoms with Crippen LogP contribution in [-0.4, -0.2) is 47.4 Å². The van der Waals surface area contributed by atoms with E-state index in [1.807, 2.05) is 0 Å². The van der Waals surface area contributed by atoms with Crippen LogP contribution >= 0.6 is 0 Å². The van der Waals surface area contributed by atoms with Crippen molar-refractivity contribution >= 4 is 27.6 Å². The number of halogens is 1. The minimum absolute atomic E-state index is 0.186. The van der Waals surface area contributed by atoms with Gasteiger partial charge in [-0.1, -0.05) is 35.5 Å². The van der Waals surface area contributed by atoms with Crippen LogP contribution in [0.2, 0.25) is 0 Å². The van der Waals surface area contributed by atoms with Crippen molar-refractivity contribution < 1.29 is 22.3 Å². The molecule has 0 spiro atoms. The molecule has 1 atom stereocenters. The summed E-state index contributed by atoms with van der Waals surface area (Å²) >= 11 is 0. The minimum atomic E-state index is -3.46. The van der Waals surface area contributed by atoms with Crippen molar-refractivity contribution in [2.24, 2.45) is 7.05 Å². The highest BCUT2D eigenvalue weighted by atomic mass is 32.2. The van der Waals surface area contributed by atoms with E-state index >= 15 is 0 Å². The van der Waals surface area contributed by atoms with Gasteiger partial charge in [-0.3, -0.25) is 10.0 Å². The van der Waals surface area contributed by atoms with Gasteiger partial charge in [0.05, 0.1) is 23.3 Å². The number of pyridine rings is 1. The maximum absolute atomic E-state index is 13.4. The number of nitrogens with zero attached hydrogens (tertiary/aromatic N) is 4. The van der Waals surface area contributed by atoms with Crippen LogP contribution in [0, 0.1) is 6.92 Å². The lowest BCUT2D eigenvalue weighted by molar-refractivity contribution is 0.0928. The molecular weight excluding hydrogens is 427 g/mol. The lowest BCUT2D eigenvalue weighted by atomic mass is 10.1. The number of hydrogen-bond acceptors (Lipinski definition) is 7. The molecule has 0 aliphatic heterocycles. The van der Waals surface area contributed by atoms with E-state index in [1.54, 1.807) is 44.3 Å². The van der Waals surface area contributed by atoms with Crippen LogP contribution in [0.3, 0.4) is 0 Å². The van der Waals surface area contributed by atoms with Gasteiger partial charge in [-0.2, -0.15) is 0 Å². The molecule has 2 heterocycles. The van der Waals surface area contributed by atoms with E-state index in [1.165, 1.54) is 16.8 Å². The zero-order valence-corrected chi connectivity index (χ0v) is 17.9. The van der Waals surface area contributed by atoms with Gasteiger partial charge in [0.15, 0.2) is 17.6 Å². The predicted octanol–water partition coefficient (Wildman–Crippen LogP) is 2.82. The predicted molar refractivity (Wildman–Crippen MR) is 113 cm³/mol. The molecule has 0 radical (unpaired) electrons. The van der Waals surface area contributed by atoms with E-state index in [2.05, 4.69) is 25.3 Å². The number of nitrogens with one attached hydrogen (secondary N) is 2. The zero-order chi connectivity index (χ0) is 22.6. The van der Waals surface area contributed by atoms with Gasteiger partial charge < -0.3 is 4.74 Å². The molecule has 10 nitrogen and oxygen atoms in total. The highest BCUT2D eigenvalue weighted by Gasteiger charge is 2.21. The normalized spacial score (nSPS) is 12.3. The number of aromatic nitrogens is 4. The van der Waals surface area contributed by atoms with Gasteiger partial charge in [0.1, 0.15) is 6.67 Å². The molecule has 3 rings (SSSR count). The van der Waals surface area contributed by atoms with Crippen molar-refractivity contribution in [2.45, 2.75) is 13.0 Å². The molecule has 3 aromatic rings. The smallest absolute Gasteiger partial charge is 0.413 e. The average molecular weight is 448 g/mol. The van der Waals surface area contributed by atoms with Crippen LogP contribution in [0.4, 0.5) is 20.7 Å². The third-order valence-corrected chi connectivity index (χ3v) is 4.82. The molecule has 0 aliphatic carbocycles. The molecule has 31 heavy (non-hydrogen) atoms. The number of anilines is 2. The van der Waals surface area contributed by atoms with Crippen LogP contribution in [0.15, 0.2) is 42.5 Å². The number of hydrogen-bond donors (Lipinski definition) is 2. The standard InChI is InChI=1S/C19H21FN6O4S/c1-12-14(24-31(3,28)29)9-10-15(21-12)17-18(26(2)25-23-17)22-19(27)30-16(11-20)13-7-5-4-6-8-13/h4-10,16,24H,11H2,1-3H3,(H,22,27)/t16-/m1/s1. The van der Waals surface area contributed by atoms with Gasteiger partial charge in [0.2, 0.25) is 10.0 Å². The third kappa shape index (κ3) is 5.54. The van der Waals surface area contributed by atoms with E-state index in [9.17, 15) is 17.6 Å². The molecule has 0 fully saturated rings. The summed E-state index contributed by atoms with van der Waals surface area (Å²) in [5, 5.41) is 10.4. The topological polar surface area (TPSA) is 128 Å². The van der Waals surface area contributed by atoms with Gasteiger partial charge in [-0.05, 0) is 24.6 Å². The fourth-order valence-corrected chi connectivity index (χ4v) is 3.40. The first kappa shape index (κ1) is 22.2. The van der Waals surface area contributed by atoms with E-state index in [-0.39, 0.29) is 11.5 Å². The Kier molecular flexibility index (Phi) is 6.49. The van der Waals surface area contributed by atoms with Crippen molar-refractivity contribution in [3.05, 3.63) is 53.7 Å². The lowest BCUT2D eigenvalue weighted by Crippen LogP contribution is -2.20. The van der Waals surface area contributed by atoms with Gasteiger partial charge in [0, 0.05) is 7.05 Å². The second-order valence-corrected chi connectivity index (χ2v) is 8.45. The van der Waals surface area contributed by atoms with Crippen LogP contribution in [0.5, 0.6) is 0 Å². The van der Waals surface area contributed by atoms with Crippen LogP contribution in [-0.2, 0) is 21.8 Å². The summed E-state index contributed by atoms with van der Waals surface area (Å²) in [5.74, 6) is 0.186. The summed E-state index contributed by atoms with van der Waals surface area (Å²) in [4.78, 5) is 16.7. The van der Waals surface area contributed by atoms with E-state index in [4.69, 9.17) is 4.74 Å². The van der Waals surface area contributed by atoms with Crippen molar-refractivity contribution in [1.29, 1.82) is 0 Å². The third-order valence-electron chi connectivity index (χ3n) is 4.23. The first-order valence-electron chi connectivity index (χ1n) is 9.12. The maximum Gasteiger partial charge on any atom is 0.413 e. The number of alkyl halides is 1. The summed E-state index contributed by atoms with van der Waals surface area (Å²) < 4.78 is 45.2. The number of ether oxygens (including phenoxy) is 1. The van der Waals surface area contributed by atoms with Crippen LogP contribution in [0.25, 0.3) is 11.4 Å². The Morgan fingerprint density at radius 3 is 2.55 bits per heavy atom. The molecule has 12 heteroatoms. The SMILES string of the molecule is Cc1nc(-c2nnn(C)c2NC(=O)O[C@H](CF)c2ccccc2)ccc1NS(C)(=O)=O. The number of aryl methyl sites for hydroxylation is 2. The molecular formula is C19H21FN6O4S. The molecule has 0 saturated carbocycles. The van der Waals surface area contributed by atoms with Gasteiger partial charge in [-0.15, -0.1) is 5.10 Å². The highest BCUT2D eigenvalue weighted by Crippen LogP contribution is 2.27. The quantitative estimate of drug-likeness (QED) is 0.569. The Bertz CT molecular complexity index is 1180. The van der Waals surface area contributed by atoms with Crippen LogP contribution < -0.4 is 10.0 Å². The summed E-state index contributed by atoms with van der Waals surface area (Å²) in [7, 11) is -1.90. The Labute approximate surface area is 178 Å². The number of carbonyl (C=O) groups is 1. The number of carbonyl (C=O) groups excluding carboxylic acids is 1. The summed E-state index contributed by atoms with van der Waals surface area (Å²) in [5.41, 5.74) is 1.84. The fourth-order valence-electron chi connectivity index (χ4n) is 2.78. The minimum Gasteiger partial charge on any atom is -0.438 e. The van der Waals surface area contributed by atoms with Crippen LogP contribution in [0.1, 0.15) is 17.4 Å². The number of benzene rings is 1. The molecule has 0 aliphatic rings. The Balaban J connectivity index is 1.81. The largest absolute Gasteiger partial charge is 0.438 e. The summed E-state index contributed by atoms with van der Waals surface area (Å²) in [6, 6.07) is 11.6. The van der Waals surface area contributed by atoms with Crippen molar-refractivity contribution in [3.63, 3.8) is 0 Å². The Morgan fingerprint density at radius 1 is 1.23 bits per heavy atom. The van der Waals surface area contributed by atoms with E-state index in [0.29, 0.717) is 22.6 Å². The molecule has 1 aromatic carbocycles. The second kappa shape index (κ2) is 9.08. The summed E-state index contributed by atoms with van der Waals surface area (Å²) in [6.45, 7) is 0.740. The maximum atomic E-state index is 13.4. The molecule has 0 bridgehead atoms. The van der Waals surface area contributed by atoms with E-state index in [0.717, 1.165) is 6.26 Å². The first-order valence-corrected chi connectivity index (χ1v) is 11.0. The van der Waals surface area contributed by atoms with Crippen molar-refractivity contribution in [3.8, 4) is 11.4 Å². The molecule has 0 saturated heterocycles. The number of rotatable bonds is 7. The molecule has 1 amide bonds. The number of amides is 1. The zero-order valence-electron chi connectivity index (χ0n) is 17.0. The Morgan fingerprint density at radius 2 is 1.94 bits per heavy atom. The van der Waals surface area contributed by atoms with E-state index < -0.39 is 28.9 Å². The Hall–Kier alpha value is -3.54. The number of sulfonamides is 1. The molecule has 2 N–H and O–H groups in total. The first-order chi connectivity index (χ1) is 14.7. The van der Waals surface area contributed by atoms with Crippen molar-refractivity contribution in [2.75, 3.05) is 23.0 Å². The molecule has 164 valence electrons. The monoisotopic (exact) mass is 448 g/mol. The fraction of sp³-hybridized carbons (Fsp3) is 0.263.